The molecule has 0 fully saturated rings. The van der Waals surface area contributed by atoms with E-state index in [0.717, 1.165) is 5.56 Å². The van der Waals surface area contributed by atoms with Crippen molar-refractivity contribution < 1.29 is 14.7 Å². The van der Waals surface area contributed by atoms with Gasteiger partial charge in [-0.3, -0.25) is 14.4 Å². The summed E-state index contributed by atoms with van der Waals surface area (Å²) in [5, 5.41) is 11.8. The van der Waals surface area contributed by atoms with Gasteiger partial charge in [-0.2, -0.15) is 0 Å². The largest absolute Gasteiger partial charge is 0.480 e. The van der Waals surface area contributed by atoms with Gasteiger partial charge in [0.1, 0.15) is 6.04 Å². The maximum absolute atomic E-state index is 12.1. The molecule has 0 spiro atoms. The number of hydrogen-bond donors (Lipinski definition) is 3. The summed E-state index contributed by atoms with van der Waals surface area (Å²) in [7, 11) is 1.52. The fourth-order valence-electron chi connectivity index (χ4n) is 2.76. The van der Waals surface area contributed by atoms with E-state index >= 15 is 0 Å². The van der Waals surface area contributed by atoms with Crippen LogP contribution in [0.15, 0.2) is 27.8 Å². The molecule has 0 aliphatic rings. The molecule has 2 rings (SSSR count). The van der Waals surface area contributed by atoms with E-state index in [-0.39, 0.29) is 18.2 Å². The average Bonchev–Trinajstić information content (AvgIpc) is 2.61. The highest BCUT2D eigenvalue weighted by Gasteiger charge is 2.24. The van der Waals surface area contributed by atoms with E-state index < -0.39 is 23.1 Å². The smallest absolute Gasteiger partial charge is 0.326 e. The highest BCUT2D eigenvalue weighted by atomic mass is 16.4. The Balaban J connectivity index is 2.10. The quantitative estimate of drug-likeness (QED) is 0.629. The number of nitrogens with one attached hydrogen (secondary N) is 2. The third-order valence-electron chi connectivity index (χ3n) is 4.61. The van der Waals surface area contributed by atoms with Gasteiger partial charge in [-0.05, 0) is 30.0 Å². The monoisotopic (exact) mass is 361 g/mol. The number of aliphatic carboxylic acids is 1. The van der Waals surface area contributed by atoms with Crippen molar-refractivity contribution >= 4 is 22.9 Å². The lowest BCUT2D eigenvalue weighted by atomic mass is 9.99. The van der Waals surface area contributed by atoms with E-state index in [9.17, 15) is 24.3 Å². The maximum Gasteiger partial charge on any atom is 0.326 e. The van der Waals surface area contributed by atoms with Crippen LogP contribution in [0, 0.1) is 5.92 Å². The summed E-state index contributed by atoms with van der Waals surface area (Å²) < 4.78 is 1.27. The van der Waals surface area contributed by atoms with Crippen LogP contribution in [0.3, 0.4) is 0 Å². The van der Waals surface area contributed by atoms with Crippen molar-refractivity contribution in [2.45, 2.75) is 39.2 Å². The molecule has 8 nitrogen and oxygen atoms in total. The van der Waals surface area contributed by atoms with Crippen LogP contribution in [0.2, 0.25) is 0 Å². The van der Waals surface area contributed by atoms with Crippen molar-refractivity contribution in [1.29, 1.82) is 0 Å². The molecule has 0 saturated heterocycles. The summed E-state index contributed by atoms with van der Waals surface area (Å²) in [6.45, 7) is 3.65. The number of aryl methyl sites for hydroxylation is 2. The Hall–Kier alpha value is -2.90. The molecule has 0 saturated carbocycles. The summed E-state index contributed by atoms with van der Waals surface area (Å²) >= 11 is 0. The van der Waals surface area contributed by atoms with Gasteiger partial charge < -0.3 is 20.0 Å². The second-order valence-electron chi connectivity index (χ2n) is 6.44. The van der Waals surface area contributed by atoms with Gasteiger partial charge in [0.05, 0.1) is 11.0 Å². The van der Waals surface area contributed by atoms with E-state index in [1.165, 1.54) is 11.6 Å². The van der Waals surface area contributed by atoms with Gasteiger partial charge in [-0.25, -0.2) is 4.79 Å². The zero-order valence-electron chi connectivity index (χ0n) is 15.0. The molecule has 8 heteroatoms. The number of nitrogens with zero attached hydrogens (tertiary/aromatic N) is 1. The van der Waals surface area contributed by atoms with Crippen LogP contribution in [0.5, 0.6) is 0 Å². The lowest BCUT2D eigenvalue weighted by molar-refractivity contribution is -0.143. The van der Waals surface area contributed by atoms with Crippen molar-refractivity contribution in [3.8, 4) is 0 Å². The predicted molar refractivity (Wildman–Crippen MR) is 97.2 cm³/mol. The average molecular weight is 361 g/mol. The van der Waals surface area contributed by atoms with Crippen LogP contribution in [-0.4, -0.2) is 32.6 Å². The standard InChI is InChI=1S/C18H23N3O5/c1-4-10(2)15(18(25)26)20-14(22)8-6-11-5-7-13-12(9-11)19-16(23)17(24)21(13)3/h5,7,9-10,15H,4,6,8H2,1-3H3,(H,19,23)(H,20,22)(H,25,26). The molecule has 1 aromatic carbocycles. The fourth-order valence-corrected chi connectivity index (χ4v) is 2.76. The topological polar surface area (TPSA) is 121 Å². The molecule has 1 amide bonds. The summed E-state index contributed by atoms with van der Waals surface area (Å²) in [5.41, 5.74) is 0.572. The summed E-state index contributed by atoms with van der Waals surface area (Å²) in [6.07, 6.45) is 1.16. The van der Waals surface area contributed by atoms with Crippen LogP contribution in [0.25, 0.3) is 11.0 Å². The zero-order chi connectivity index (χ0) is 19.4. The minimum absolute atomic E-state index is 0.127. The highest BCUT2D eigenvalue weighted by molar-refractivity contribution is 5.84. The number of carbonyl (C=O) groups excluding carboxylic acids is 1. The first kappa shape index (κ1) is 19.4. The number of hydrogen-bond acceptors (Lipinski definition) is 4. The van der Waals surface area contributed by atoms with Gasteiger partial charge in [0.2, 0.25) is 5.91 Å². The Morgan fingerprint density at radius 2 is 2.00 bits per heavy atom. The zero-order valence-corrected chi connectivity index (χ0v) is 15.0. The van der Waals surface area contributed by atoms with E-state index in [4.69, 9.17) is 0 Å². The Labute approximate surface area is 149 Å². The molecule has 2 atom stereocenters. The van der Waals surface area contributed by atoms with Crippen molar-refractivity contribution in [3.05, 3.63) is 44.5 Å². The van der Waals surface area contributed by atoms with Crippen molar-refractivity contribution in [2.75, 3.05) is 0 Å². The number of amides is 1. The summed E-state index contributed by atoms with van der Waals surface area (Å²) in [6, 6.07) is 4.29. The normalized spacial score (nSPS) is 13.3. The van der Waals surface area contributed by atoms with Crippen molar-refractivity contribution in [3.63, 3.8) is 0 Å². The molecule has 1 aromatic heterocycles. The minimum Gasteiger partial charge on any atom is -0.480 e. The molecule has 2 aromatic rings. The van der Waals surface area contributed by atoms with Gasteiger partial charge in [-0.15, -0.1) is 0 Å². The van der Waals surface area contributed by atoms with Crippen LogP contribution in [-0.2, 0) is 23.1 Å². The van der Waals surface area contributed by atoms with Crippen LogP contribution < -0.4 is 16.4 Å². The third-order valence-corrected chi connectivity index (χ3v) is 4.61. The molecule has 0 aliphatic heterocycles. The van der Waals surface area contributed by atoms with Gasteiger partial charge in [0.25, 0.3) is 0 Å². The minimum atomic E-state index is -1.04. The maximum atomic E-state index is 12.1. The summed E-state index contributed by atoms with van der Waals surface area (Å²) in [4.78, 5) is 49.1. The first-order chi connectivity index (χ1) is 12.2. The lowest BCUT2D eigenvalue weighted by Gasteiger charge is -2.20. The molecule has 3 N–H and O–H groups in total. The Morgan fingerprint density at radius 1 is 1.31 bits per heavy atom. The van der Waals surface area contributed by atoms with Gasteiger partial charge in [-0.1, -0.05) is 26.3 Å². The Bertz CT molecular complexity index is 944. The van der Waals surface area contributed by atoms with E-state index in [0.29, 0.717) is 23.9 Å². The van der Waals surface area contributed by atoms with E-state index in [2.05, 4.69) is 10.3 Å². The fraction of sp³-hybridized carbons (Fsp3) is 0.444. The first-order valence-electron chi connectivity index (χ1n) is 8.48. The predicted octanol–water partition coefficient (Wildman–Crippen LogP) is 0.775. The Morgan fingerprint density at radius 3 is 2.62 bits per heavy atom. The van der Waals surface area contributed by atoms with E-state index in [1.54, 1.807) is 25.1 Å². The van der Waals surface area contributed by atoms with Crippen molar-refractivity contribution in [1.82, 2.24) is 14.9 Å². The number of fused-ring (bicyclic) bond motifs is 1. The van der Waals surface area contributed by atoms with Crippen LogP contribution in [0.1, 0.15) is 32.3 Å². The molecule has 0 aliphatic carbocycles. The molecule has 0 radical (unpaired) electrons. The number of H-pyrrole nitrogens is 1. The first-order valence-corrected chi connectivity index (χ1v) is 8.48. The number of aromatic nitrogens is 2. The number of carbonyl (C=O) groups is 2. The van der Waals surface area contributed by atoms with E-state index in [1.807, 2.05) is 6.92 Å². The highest BCUT2D eigenvalue weighted by Crippen LogP contribution is 2.13. The van der Waals surface area contributed by atoms with Gasteiger partial charge in [0.15, 0.2) is 0 Å². The number of rotatable bonds is 7. The number of benzene rings is 1. The summed E-state index contributed by atoms with van der Waals surface area (Å²) in [5.74, 6) is -1.55. The van der Waals surface area contributed by atoms with Crippen LogP contribution in [0.4, 0.5) is 0 Å². The van der Waals surface area contributed by atoms with Crippen LogP contribution >= 0.6 is 0 Å². The molecule has 1 heterocycles. The molecular formula is C18H23N3O5. The van der Waals surface area contributed by atoms with Gasteiger partial charge in [0, 0.05) is 13.5 Å². The molecule has 140 valence electrons. The number of carboxylic acid groups (broad SMARTS) is 1. The molecule has 0 bridgehead atoms. The molecule has 26 heavy (non-hydrogen) atoms. The second kappa shape index (κ2) is 7.99. The number of aromatic amines is 1. The van der Waals surface area contributed by atoms with Crippen molar-refractivity contribution in [2.24, 2.45) is 13.0 Å². The second-order valence-corrected chi connectivity index (χ2v) is 6.44. The SMILES string of the molecule is CCC(C)C(NC(=O)CCc1ccc2c(c1)[nH]c(=O)c(=O)n2C)C(=O)O. The van der Waals surface area contributed by atoms with Gasteiger partial charge >= 0.3 is 17.1 Å². The Kier molecular flexibility index (Phi) is 5.97. The molecular weight excluding hydrogens is 338 g/mol. The molecule has 2 unspecified atom stereocenters. The lowest BCUT2D eigenvalue weighted by Crippen LogP contribution is -2.45. The number of carboxylic acids is 1. The third kappa shape index (κ3) is 4.19.